The van der Waals surface area contributed by atoms with Gasteiger partial charge in [-0.15, -0.1) is 5.10 Å². The summed E-state index contributed by atoms with van der Waals surface area (Å²) in [6.07, 6.45) is 1.48. The van der Waals surface area contributed by atoms with Gasteiger partial charge < -0.3 is 15.2 Å². The van der Waals surface area contributed by atoms with Gasteiger partial charge in [-0.3, -0.25) is 0 Å². The summed E-state index contributed by atoms with van der Waals surface area (Å²) >= 11 is 0. The number of nitrogens with zero attached hydrogens (tertiary/aromatic N) is 5. The van der Waals surface area contributed by atoms with Crippen molar-refractivity contribution < 1.29 is 9.47 Å². The number of methoxy groups -OCH3 is 2. The summed E-state index contributed by atoms with van der Waals surface area (Å²) in [5.74, 6) is 1.59. The van der Waals surface area contributed by atoms with Crippen molar-refractivity contribution in [3.05, 3.63) is 18.2 Å². The Kier molecular flexibility index (Phi) is 3.15. The number of rotatable bonds is 4. The first-order chi connectivity index (χ1) is 8.26. The van der Waals surface area contributed by atoms with E-state index >= 15 is 0 Å². The number of aromatic nitrogens is 5. The zero-order valence-electron chi connectivity index (χ0n) is 9.49. The van der Waals surface area contributed by atoms with Gasteiger partial charge in [0.1, 0.15) is 6.33 Å². The molecule has 8 heteroatoms. The zero-order valence-corrected chi connectivity index (χ0v) is 9.49. The Morgan fingerprint density at radius 1 is 1.24 bits per heavy atom. The van der Waals surface area contributed by atoms with Crippen LogP contribution in [0.5, 0.6) is 11.8 Å². The van der Waals surface area contributed by atoms with Gasteiger partial charge >= 0.3 is 0 Å². The maximum absolute atomic E-state index is 5.42. The van der Waals surface area contributed by atoms with Crippen molar-refractivity contribution in [3.63, 3.8) is 0 Å². The van der Waals surface area contributed by atoms with Crippen molar-refractivity contribution in [2.75, 3.05) is 14.2 Å². The molecule has 0 atom stereocenters. The number of hydrogen-bond acceptors (Lipinski definition) is 7. The second kappa shape index (κ2) is 4.74. The smallest absolute Gasteiger partial charge is 0.258 e. The lowest BCUT2D eigenvalue weighted by Gasteiger charge is -2.05. The van der Waals surface area contributed by atoms with Gasteiger partial charge in [0.2, 0.25) is 11.8 Å². The van der Waals surface area contributed by atoms with Crippen LogP contribution in [0, 0.1) is 0 Å². The largest absolute Gasteiger partial charge is 0.481 e. The van der Waals surface area contributed by atoms with Crippen LogP contribution in [0.4, 0.5) is 0 Å². The van der Waals surface area contributed by atoms with Gasteiger partial charge in [-0.05, 0) is 0 Å². The molecule has 0 saturated carbocycles. The molecule has 0 amide bonds. The quantitative estimate of drug-likeness (QED) is 0.765. The molecule has 2 aromatic rings. The molecule has 8 nitrogen and oxygen atoms in total. The fourth-order valence-electron chi connectivity index (χ4n) is 1.19. The number of hydrogen-bond donors (Lipinski definition) is 1. The summed E-state index contributed by atoms with van der Waals surface area (Å²) < 4.78 is 11.5. The fraction of sp³-hybridized carbons (Fsp3) is 0.333. The Hall–Kier alpha value is -2.22. The van der Waals surface area contributed by atoms with E-state index in [-0.39, 0.29) is 6.54 Å². The van der Waals surface area contributed by atoms with Crippen molar-refractivity contribution in [2.45, 2.75) is 6.54 Å². The predicted molar refractivity (Wildman–Crippen MR) is 57.9 cm³/mol. The lowest BCUT2D eigenvalue weighted by atomic mass is 10.6. The average Bonchev–Trinajstić information content (AvgIpc) is 2.86. The van der Waals surface area contributed by atoms with Crippen LogP contribution in [0.3, 0.4) is 0 Å². The SMILES string of the molecule is COc1cc(OC)nc(-n2cnc(CN)n2)n1. The van der Waals surface area contributed by atoms with E-state index in [0.29, 0.717) is 23.5 Å². The third kappa shape index (κ3) is 2.31. The Balaban J connectivity index is 2.43. The van der Waals surface area contributed by atoms with Crippen molar-refractivity contribution >= 4 is 0 Å². The summed E-state index contributed by atoms with van der Waals surface area (Å²) in [6.45, 7) is 0.258. The van der Waals surface area contributed by atoms with Crippen molar-refractivity contribution in [1.29, 1.82) is 0 Å². The van der Waals surface area contributed by atoms with Crippen LogP contribution >= 0.6 is 0 Å². The molecule has 2 aromatic heterocycles. The molecular formula is C9H12N6O2. The minimum absolute atomic E-state index is 0.258. The molecule has 0 unspecified atom stereocenters. The molecule has 0 radical (unpaired) electrons. The van der Waals surface area contributed by atoms with E-state index in [4.69, 9.17) is 15.2 Å². The minimum atomic E-state index is 0.258. The second-order valence-electron chi connectivity index (χ2n) is 3.06. The first kappa shape index (κ1) is 11.3. The standard InChI is InChI=1S/C9H12N6O2/c1-16-7-3-8(17-2)13-9(12-7)15-5-11-6(4-10)14-15/h3,5H,4,10H2,1-2H3. The number of nitrogens with two attached hydrogens (primary N) is 1. The molecule has 17 heavy (non-hydrogen) atoms. The normalized spacial score (nSPS) is 10.3. The molecule has 90 valence electrons. The van der Waals surface area contributed by atoms with E-state index in [1.165, 1.54) is 25.2 Å². The summed E-state index contributed by atoms with van der Waals surface area (Å²) in [5.41, 5.74) is 5.42. The van der Waals surface area contributed by atoms with Crippen molar-refractivity contribution in [3.8, 4) is 17.7 Å². The van der Waals surface area contributed by atoms with Crippen molar-refractivity contribution in [1.82, 2.24) is 24.7 Å². The molecular weight excluding hydrogens is 224 g/mol. The Morgan fingerprint density at radius 2 is 1.88 bits per heavy atom. The minimum Gasteiger partial charge on any atom is -0.481 e. The zero-order chi connectivity index (χ0) is 12.3. The lowest BCUT2D eigenvalue weighted by Crippen LogP contribution is -2.06. The van der Waals surface area contributed by atoms with Gasteiger partial charge in [-0.2, -0.15) is 14.6 Å². The van der Waals surface area contributed by atoms with Crippen LogP contribution in [-0.2, 0) is 6.54 Å². The first-order valence-corrected chi connectivity index (χ1v) is 4.85. The summed E-state index contributed by atoms with van der Waals surface area (Å²) in [7, 11) is 3.02. The highest BCUT2D eigenvalue weighted by atomic mass is 16.5. The summed E-state index contributed by atoms with van der Waals surface area (Å²) in [4.78, 5) is 12.2. The third-order valence-corrected chi connectivity index (χ3v) is 2.01. The van der Waals surface area contributed by atoms with Crippen LogP contribution in [-0.4, -0.2) is 39.0 Å². The van der Waals surface area contributed by atoms with Gasteiger partial charge in [0, 0.05) is 0 Å². The van der Waals surface area contributed by atoms with Gasteiger partial charge in [-0.25, -0.2) is 4.98 Å². The summed E-state index contributed by atoms with van der Waals surface area (Å²) in [5, 5.41) is 4.09. The molecule has 0 spiro atoms. The molecule has 0 aliphatic heterocycles. The highest BCUT2D eigenvalue weighted by Gasteiger charge is 2.09. The Labute approximate surface area is 97.4 Å². The number of ether oxygens (including phenoxy) is 2. The molecule has 0 aliphatic carbocycles. The van der Waals surface area contributed by atoms with E-state index in [1.54, 1.807) is 6.07 Å². The first-order valence-electron chi connectivity index (χ1n) is 4.85. The van der Waals surface area contributed by atoms with Gasteiger partial charge in [0.05, 0.1) is 26.8 Å². The molecule has 2 N–H and O–H groups in total. The average molecular weight is 236 g/mol. The van der Waals surface area contributed by atoms with E-state index in [0.717, 1.165) is 0 Å². The molecule has 0 saturated heterocycles. The highest BCUT2D eigenvalue weighted by molar-refractivity contribution is 5.26. The monoisotopic (exact) mass is 236 g/mol. The van der Waals surface area contributed by atoms with Crippen LogP contribution in [0.25, 0.3) is 5.95 Å². The Morgan fingerprint density at radius 3 is 2.35 bits per heavy atom. The van der Waals surface area contributed by atoms with Gasteiger partial charge in [0.25, 0.3) is 5.95 Å². The molecule has 0 fully saturated rings. The van der Waals surface area contributed by atoms with E-state index in [1.807, 2.05) is 0 Å². The van der Waals surface area contributed by atoms with Crippen LogP contribution in [0.1, 0.15) is 5.82 Å². The Bertz CT molecular complexity index is 490. The molecule has 0 bridgehead atoms. The third-order valence-electron chi connectivity index (χ3n) is 2.01. The molecule has 0 aliphatic rings. The van der Waals surface area contributed by atoms with E-state index in [9.17, 15) is 0 Å². The van der Waals surface area contributed by atoms with Crippen LogP contribution in [0.2, 0.25) is 0 Å². The van der Waals surface area contributed by atoms with Crippen LogP contribution < -0.4 is 15.2 Å². The van der Waals surface area contributed by atoms with Gasteiger partial charge in [0.15, 0.2) is 5.82 Å². The maximum Gasteiger partial charge on any atom is 0.258 e. The lowest BCUT2D eigenvalue weighted by molar-refractivity contribution is 0.369. The van der Waals surface area contributed by atoms with E-state index in [2.05, 4.69) is 20.1 Å². The fourth-order valence-corrected chi connectivity index (χ4v) is 1.19. The second-order valence-corrected chi connectivity index (χ2v) is 3.06. The van der Waals surface area contributed by atoms with Crippen molar-refractivity contribution in [2.24, 2.45) is 5.73 Å². The maximum atomic E-state index is 5.42. The highest BCUT2D eigenvalue weighted by Crippen LogP contribution is 2.16. The molecule has 2 rings (SSSR count). The van der Waals surface area contributed by atoms with Crippen LogP contribution in [0.15, 0.2) is 12.4 Å². The topological polar surface area (TPSA) is 101 Å². The van der Waals surface area contributed by atoms with Gasteiger partial charge in [-0.1, -0.05) is 0 Å². The molecule has 0 aromatic carbocycles. The summed E-state index contributed by atoms with van der Waals surface area (Å²) in [6, 6.07) is 1.57. The predicted octanol–water partition coefficient (Wildman–Crippen LogP) is -0.467. The molecule has 2 heterocycles. The van der Waals surface area contributed by atoms with E-state index < -0.39 is 0 Å².